The van der Waals surface area contributed by atoms with Crippen molar-refractivity contribution in [3.05, 3.63) is 0 Å². The molecule has 0 saturated carbocycles. The minimum Gasteiger partial charge on any atom is -0.382 e. The van der Waals surface area contributed by atoms with Crippen LogP contribution in [0.3, 0.4) is 0 Å². The highest BCUT2D eigenvalue weighted by Gasteiger charge is 2.04. The molecule has 0 heterocycles. The zero-order valence-electron chi connectivity index (χ0n) is 6.98. The molecule has 0 aromatic rings. The second-order valence-electron chi connectivity index (χ2n) is 2.80. The van der Waals surface area contributed by atoms with Gasteiger partial charge in [-0.25, -0.2) is 0 Å². The molecule has 0 fully saturated rings. The lowest BCUT2D eigenvalue weighted by Crippen LogP contribution is -2.09. The van der Waals surface area contributed by atoms with Crippen molar-refractivity contribution >= 4 is 0 Å². The number of methoxy groups -OCH3 is 1. The van der Waals surface area contributed by atoms with Crippen molar-refractivity contribution in [2.75, 3.05) is 7.11 Å². The molecule has 0 spiro atoms. The Morgan fingerprint density at radius 2 is 1.89 bits per heavy atom. The Labute approximate surface area is 58.4 Å². The highest BCUT2D eigenvalue weighted by atomic mass is 16.5. The lowest BCUT2D eigenvalue weighted by molar-refractivity contribution is 0.0968. The smallest absolute Gasteiger partial charge is 0.0545 e. The second kappa shape index (κ2) is 4.80. The van der Waals surface area contributed by atoms with Crippen LogP contribution in [0.15, 0.2) is 0 Å². The third kappa shape index (κ3) is 4.46. The number of ether oxygens (including phenoxy) is 1. The van der Waals surface area contributed by atoms with Crippen molar-refractivity contribution in [2.45, 2.75) is 39.7 Å². The quantitative estimate of drug-likeness (QED) is 0.568. The van der Waals surface area contributed by atoms with E-state index in [1.54, 1.807) is 7.11 Å². The molecule has 1 nitrogen and oxygen atoms in total. The van der Waals surface area contributed by atoms with Crippen LogP contribution < -0.4 is 0 Å². The van der Waals surface area contributed by atoms with Gasteiger partial charge in [0.05, 0.1) is 6.10 Å². The second-order valence-corrected chi connectivity index (χ2v) is 2.80. The van der Waals surface area contributed by atoms with Crippen molar-refractivity contribution in [3.8, 4) is 0 Å². The molecule has 0 radical (unpaired) electrons. The van der Waals surface area contributed by atoms with E-state index in [-0.39, 0.29) is 0 Å². The van der Waals surface area contributed by atoms with Gasteiger partial charge in [-0.2, -0.15) is 0 Å². The van der Waals surface area contributed by atoms with Gasteiger partial charge in [-0.1, -0.05) is 20.3 Å². The van der Waals surface area contributed by atoms with Gasteiger partial charge < -0.3 is 4.74 Å². The Morgan fingerprint density at radius 1 is 1.33 bits per heavy atom. The van der Waals surface area contributed by atoms with Gasteiger partial charge in [0.1, 0.15) is 0 Å². The summed E-state index contributed by atoms with van der Waals surface area (Å²) in [6.07, 6.45) is 2.88. The lowest BCUT2D eigenvalue weighted by atomic mass is 10.0. The van der Waals surface area contributed by atoms with Crippen LogP contribution in [0, 0.1) is 5.92 Å². The molecule has 1 heteroatoms. The molecule has 0 N–H and O–H groups in total. The van der Waals surface area contributed by atoms with Crippen LogP contribution in [-0.4, -0.2) is 13.2 Å². The minimum atomic E-state index is 0.431. The summed E-state index contributed by atoms with van der Waals surface area (Å²) in [6.45, 7) is 6.59. The van der Waals surface area contributed by atoms with Gasteiger partial charge in [0.25, 0.3) is 0 Å². The van der Waals surface area contributed by atoms with Gasteiger partial charge in [0, 0.05) is 7.11 Å². The van der Waals surface area contributed by atoms with E-state index < -0.39 is 0 Å². The van der Waals surface area contributed by atoms with E-state index in [4.69, 9.17) is 4.74 Å². The van der Waals surface area contributed by atoms with E-state index in [0.29, 0.717) is 6.10 Å². The van der Waals surface area contributed by atoms with E-state index in [1.165, 1.54) is 12.8 Å². The van der Waals surface area contributed by atoms with Crippen molar-refractivity contribution in [3.63, 3.8) is 0 Å². The van der Waals surface area contributed by atoms with Crippen molar-refractivity contribution in [2.24, 2.45) is 5.92 Å². The van der Waals surface area contributed by atoms with Gasteiger partial charge in [0.2, 0.25) is 0 Å². The Morgan fingerprint density at radius 3 is 2.22 bits per heavy atom. The third-order valence-electron chi connectivity index (χ3n) is 1.83. The monoisotopic (exact) mass is 130 g/mol. The molecule has 0 amide bonds. The van der Waals surface area contributed by atoms with Crippen molar-refractivity contribution in [1.29, 1.82) is 0 Å². The first-order valence-corrected chi connectivity index (χ1v) is 3.73. The molecule has 0 aliphatic rings. The van der Waals surface area contributed by atoms with E-state index in [1.807, 2.05) is 0 Å². The molecule has 0 aromatic heterocycles. The van der Waals surface area contributed by atoms with Gasteiger partial charge >= 0.3 is 0 Å². The summed E-state index contributed by atoms with van der Waals surface area (Å²) in [4.78, 5) is 0. The van der Waals surface area contributed by atoms with Gasteiger partial charge in [-0.3, -0.25) is 0 Å². The molecule has 0 bridgehead atoms. The van der Waals surface area contributed by atoms with E-state index in [2.05, 4.69) is 20.8 Å². The molecule has 2 atom stereocenters. The van der Waals surface area contributed by atoms with Gasteiger partial charge in [-0.15, -0.1) is 0 Å². The number of hydrogen-bond acceptors (Lipinski definition) is 1. The van der Waals surface area contributed by atoms with Crippen LogP contribution in [0.2, 0.25) is 0 Å². The minimum absolute atomic E-state index is 0.431. The average Bonchev–Trinajstić information content (AvgIpc) is 1.87. The zero-order chi connectivity index (χ0) is 7.28. The summed E-state index contributed by atoms with van der Waals surface area (Å²) in [5.74, 6) is 0.806. The summed E-state index contributed by atoms with van der Waals surface area (Å²) in [5.41, 5.74) is 0. The maximum Gasteiger partial charge on any atom is 0.0545 e. The zero-order valence-corrected chi connectivity index (χ0v) is 6.98. The first kappa shape index (κ1) is 8.96. The normalized spacial score (nSPS) is 17.3. The fraction of sp³-hybridized carbons (Fsp3) is 1.00. The summed E-state index contributed by atoms with van der Waals surface area (Å²) in [6, 6.07) is 0. The molecule has 0 aliphatic carbocycles. The predicted molar refractivity (Wildman–Crippen MR) is 40.5 cm³/mol. The first-order valence-electron chi connectivity index (χ1n) is 3.73. The van der Waals surface area contributed by atoms with E-state index in [0.717, 1.165) is 5.92 Å². The standard InChI is InChI=1S/C8H18O/c1-5-7(2)6-8(3)9-4/h7-8H,5-6H2,1-4H3/t7-,8?/m0/s1. The van der Waals surface area contributed by atoms with Crippen LogP contribution >= 0.6 is 0 Å². The summed E-state index contributed by atoms with van der Waals surface area (Å²) in [5, 5.41) is 0. The number of rotatable bonds is 4. The average molecular weight is 130 g/mol. The highest BCUT2D eigenvalue weighted by molar-refractivity contribution is 4.55. The largest absolute Gasteiger partial charge is 0.382 e. The van der Waals surface area contributed by atoms with Crippen LogP contribution in [0.25, 0.3) is 0 Å². The van der Waals surface area contributed by atoms with Gasteiger partial charge in [0.15, 0.2) is 0 Å². The fourth-order valence-electron chi connectivity index (χ4n) is 0.830. The molecule has 9 heavy (non-hydrogen) atoms. The van der Waals surface area contributed by atoms with Crippen LogP contribution in [0.1, 0.15) is 33.6 Å². The molecular formula is C8H18O. The summed E-state index contributed by atoms with van der Waals surface area (Å²) < 4.78 is 5.12. The van der Waals surface area contributed by atoms with E-state index in [9.17, 15) is 0 Å². The highest BCUT2D eigenvalue weighted by Crippen LogP contribution is 2.10. The number of hydrogen-bond donors (Lipinski definition) is 0. The molecule has 0 aromatic carbocycles. The maximum absolute atomic E-state index is 5.12. The van der Waals surface area contributed by atoms with E-state index >= 15 is 0 Å². The van der Waals surface area contributed by atoms with Crippen LogP contribution in [-0.2, 0) is 4.74 Å². The lowest BCUT2D eigenvalue weighted by Gasteiger charge is -2.13. The molecule has 0 saturated heterocycles. The Kier molecular flexibility index (Phi) is 4.78. The Hall–Kier alpha value is -0.0400. The molecular weight excluding hydrogens is 112 g/mol. The third-order valence-corrected chi connectivity index (χ3v) is 1.83. The topological polar surface area (TPSA) is 9.23 Å². The Balaban J connectivity index is 3.22. The summed E-state index contributed by atoms with van der Waals surface area (Å²) in [7, 11) is 1.77. The first-order chi connectivity index (χ1) is 4.20. The van der Waals surface area contributed by atoms with Crippen LogP contribution in [0.5, 0.6) is 0 Å². The van der Waals surface area contributed by atoms with Crippen molar-refractivity contribution < 1.29 is 4.74 Å². The molecule has 1 unspecified atom stereocenters. The van der Waals surface area contributed by atoms with Gasteiger partial charge in [-0.05, 0) is 19.3 Å². The van der Waals surface area contributed by atoms with Crippen LogP contribution in [0.4, 0.5) is 0 Å². The Bertz CT molecular complexity index is 53.6. The molecule has 0 aliphatic heterocycles. The maximum atomic E-state index is 5.12. The predicted octanol–water partition coefficient (Wildman–Crippen LogP) is 2.46. The summed E-state index contributed by atoms with van der Waals surface area (Å²) >= 11 is 0. The van der Waals surface area contributed by atoms with Crippen molar-refractivity contribution in [1.82, 2.24) is 0 Å². The SMILES string of the molecule is CC[C@H](C)CC(C)OC. The molecule has 0 rings (SSSR count). The molecule has 56 valence electrons. The fourth-order valence-corrected chi connectivity index (χ4v) is 0.830.